The Kier molecular flexibility index (Phi) is 5.74. The van der Waals surface area contributed by atoms with Gasteiger partial charge < -0.3 is 9.80 Å². The van der Waals surface area contributed by atoms with Gasteiger partial charge in [0.05, 0.1) is 16.8 Å². The molecule has 0 saturated carbocycles. The number of quaternary nitrogens is 1. The van der Waals surface area contributed by atoms with Crippen molar-refractivity contribution in [2.45, 2.75) is 38.8 Å². The molecular formula is C23H28N3OS+. The molecule has 1 aromatic heterocycles. The Labute approximate surface area is 170 Å². The third-order valence-electron chi connectivity index (χ3n) is 5.69. The molecule has 146 valence electrons. The number of fused-ring (bicyclic) bond motifs is 1. The zero-order valence-corrected chi connectivity index (χ0v) is 17.5. The van der Waals surface area contributed by atoms with Gasteiger partial charge >= 0.3 is 0 Å². The molecule has 2 heterocycles. The van der Waals surface area contributed by atoms with Gasteiger partial charge in [0.15, 0.2) is 11.6 Å². The molecule has 2 atom stereocenters. The van der Waals surface area contributed by atoms with E-state index in [2.05, 4.69) is 49.4 Å². The van der Waals surface area contributed by atoms with Crippen LogP contribution in [0.25, 0.3) is 10.2 Å². The van der Waals surface area contributed by atoms with Crippen molar-refractivity contribution in [2.75, 3.05) is 20.1 Å². The van der Waals surface area contributed by atoms with Crippen LogP contribution in [-0.2, 0) is 11.3 Å². The van der Waals surface area contributed by atoms with E-state index in [4.69, 9.17) is 4.98 Å². The van der Waals surface area contributed by atoms with E-state index in [1.54, 1.807) is 11.3 Å². The Morgan fingerprint density at radius 2 is 1.96 bits per heavy atom. The zero-order chi connectivity index (χ0) is 19.5. The molecule has 4 rings (SSSR count). The van der Waals surface area contributed by atoms with Crippen LogP contribution in [-0.4, -0.2) is 35.9 Å². The van der Waals surface area contributed by atoms with Crippen LogP contribution in [0, 0.1) is 6.92 Å². The predicted molar refractivity (Wildman–Crippen MR) is 115 cm³/mol. The van der Waals surface area contributed by atoms with Crippen LogP contribution < -0.4 is 4.90 Å². The lowest BCUT2D eigenvalue weighted by Crippen LogP contribution is -3.14. The van der Waals surface area contributed by atoms with Gasteiger partial charge in [-0.1, -0.05) is 42.0 Å². The molecule has 3 aromatic rings. The first-order valence-electron chi connectivity index (χ1n) is 10.1. The summed E-state index contributed by atoms with van der Waals surface area (Å²) in [6.07, 6.45) is 3.52. The smallest absolute Gasteiger partial charge is 0.277 e. The fraction of sp³-hybridized carbons (Fsp3) is 0.391. The summed E-state index contributed by atoms with van der Waals surface area (Å²) in [6, 6.07) is 17.1. The minimum Gasteiger partial charge on any atom is -0.337 e. The number of hydrogen-bond acceptors (Lipinski definition) is 3. The van der Waals surface area contributed by atoms with Gasteiger partial charge in [0.25, 0.3) is 5.91 Å². The number of para-hydroxylation sites is 1. The summed E-state index contributed by atoms with van der Waals surface area (Å²) in [5, 5.41) is 1.19. The van der Waals surface area contributed by atoms with Gasteiger partial charge in [0, 0.05) is 20.0 Å². The molecule has 1 saturated heterocycles. The molecule has 1 fully saturated rings. The molecule has 0 radical (unpaired) electrons. The highest BCUT2D eigenvalue weighted by Gasteiger charge is 2.32. The average molecular weight is 395 g/mol. The van der Waals surface area contributed by atoms with Crippen molar-refractivity contribution in [1.82, 2.24) is 9.88 Å². The number of nitrogens with zero attached hydrogens (tertiary/aromatic N) is 2. The lowest BCUT2D eigenvalue weighted by Gasteiger charge is -2.32. The normalized spacial score (nSPS) is 19.6. The van der Waals surface area contributed by atoms with E-state index < -0.39 is 0 Å². The number of carbonyl (C=O) groups is 1. The van der Waals surface area contributed by atoms with E-state index in [0.717, 1.165) is 18.5 Å². The molecule has 1 amide bonds. The van der Waals surface area contributed by atoms with Crippen LogP contribution in [0.3, 0.4) is 0 Å². The van der Waals surface area contributed by atoms with E-state index in [1.807, 2.05) is 18.0 Å². The maximum Gasteiger partial charge on any atom is 0.277 e. The van der Waals surface area contributed by atoms with Crippen LogP contribution in [0.1, 0.15) is 41.4 Å². The topological polar surface area (TPSA) is 37.6 Å². The lowest BCUT2D eigenvalue weighted by molar-refractivity contribution is -0.929. The van der Waals surface area contributed by atoms with Gasteiger partial charge in [-0.05, 0) is 37.5 Å². The van der Waals surface area contributed by atoms with Gasteiger partial charge in [-0.25, -0.2) is 4.98 Å². The van der Waals surface area contributed by atoms with Crippen LogP contribution in [0.4, 0.5) is 0 Å². The standard InChI is InChI=1S/C23H27N3OS/c1-17-10-12-18(13-11-17)15-25(2)22(27)16-26-14-6-5-8-20(26)23-24-19-7-3-4-9-21(19)28-23/h3-4,7,9-13,20H,5-6,8,14-16H2,1-2H3/p+1/t20-/m1/s1. The monoisotopic (exact) mass is 394 g/mol. The van der Waals surface area contributed by atoms with Crippen molar-refractivity contribution in [3.8, 4) is 0 Å². The molecule has 1 unspecified atom stereocenters. The molecule has 2 aromatic carbocycles. The number of aryl methyl sites for hydroxylation is 1. The van der Waals surface area contributed by atoms with Crippen molar-refractivity contribution in [2.24, 2.45) is 0 Å². The molecular weight excluding hydrogens is 366 g/mol. The highest BCUT2D eigenvalue weighted by Crippen LogP contribution is 2.28. The molecule has 1 aliphatic rings. The van der Waals surface area contributed by atoms with Crippen molar-refractivity contribution >= 4 is 27.5 Å². The van der Waals surface area contributed by atoms with Crippen LogP contribution in [0.5, 0.6) is 0 Å². The second-order valence-electron chi connectivity index (χ2n) is 7.89. The number of likely N-dealkylation sites (N-methyl/N-ethyl adjacent to an activating group) is 1. The lowest BCUT2D eigenvalue weighted by atomic mass is 10.0. The second-order valence-corrected chi connectivity index (χ2v) is 8.95. The molecule has 0 spiro atoms. The summed E-state index contributed by atoms with van der Waals surface area (Å²) in [5.74, 6) is 0.212. The minimum atomic E-state index is 0.212. The number of hydrogen-bond donors (Lipinski definition) is 1. The number of rotatable bonds is 5. The largest absolute Gasteiger partial charge is 0.337 e. The molecule has 0 aliphatic carbocycles. The molecule has 1 N–H and O–H groups in total. The molecule has 28 heavy (non-hydrogen) atoms. The van der Waals surface area contributed by atoms with Crippen LogP contribution >= 0.6 is 11.3 Å². The van der Waals surface area contributed by atoms with Gasteiger partial charge in [-0.2, -0.15) is 0 Å². The van der Waals surface area contributed by atoms with Gasteiger partial charge in [0.1, 0.15) is 6.04 Å². The summed E-state index contributed by atoms with van der Waals surface area (Å²) in [5.41, 5.74) is 3.50. The Balaban J connectivity index is 1.45. The van der Waals surface area contributed by atoms with E-state index in [-0.39, 0.29) is 5.91 Å². The number of thiazole rings is 1. The number of likely N-dealkylation sites (tertiary alicyclic amines) is 1. The molecule has 1 aliphatic heterocycles. The molecule has 5 heteroatoms. The van der Waals surface area contributed by atoms with E-state index in [9.17, 15) is 4.79 Å². The number of carbonyl (C=O) groups excluding carboxylic acids is 1. The summed E-state index contributed by atoms with van der Waals surface area (Å²) in [7, 11) is 1.91. The van der Waals surface area contributed by atoms with E-state index in [0.29, 0.717) is 19.1 Å². The maximum atomic E-state index is 12.9. The molecule has 4 nitrogen and oxygen atoms in total. The van der Waals surface area contributed by atoms with Crippen LogP contribution in [0.2, 0.25) is 0 Å². The van der Waals surface area contributed by atoms with Crippen molar-refractivity contribution in [1.29, 1.82) is 0 Å². The number of aromatic nitrogens is 1. The van der Waals surface area contributed by atoms with E-state index in [1.165, 1.54) is 38.6 Å². The fourth-order valence-electron chi connectivity index (χ4n) is 4.01. The Hall–Kier alpha value is -2.24. The number of piperidine rings is 1. The Morgan fingerprint density at radius 3 is 2.75 bits per heavy atom. The quantitative estimate of drug-likeness (QED) is 0.720. The highest BCUT2D eigenvalue weighted by atomic mass is 32.1. The molecule has 0 bridgehead atoms. The zero-order valence-electron chi connectivity index (χ0n) is 16.6. The van der Waals surface area contributed by atoms with Gasteiger partial charge in [-0.3, -0.25) is 4.79 Å². The van der Waals surface area contributed by atoms with Gasteiger partial charge in [0.2, 0.25) is 0 Å². The summed E-state index contributed by atoms with van der Waals surface area (Å²) < 4.78 is 1.24. The predicted octanol–water partition coefficient (Wildman–Crippen LogP) is 3.37. The van der Waals surface area contributed by atoms with Gasteiger partial charge in [-0.15, -0.1) is 11.3 Å². The fourth-order valence-corrected chi connectivity index (χ4v) is 5.17. The Bertz CT molecular complexity index is 917. The first kappa shape index (κ1) is 19.1. The Morgan fingerprint density at radius 1 is 1.18 bits per heavy atom. The third kappa shape index (κ3) is 4.26. The summed E-state index contributed by atoms with van der Waals surface area (Å²) in [6.45, 7) is 4.34. The summed E-state index contributed by atoms with van der Waals surface area (Å²) >= 11 is 1.79. The number of amides is 1. The maximum absolute atomic E-state index is 12.9. The first-order chi connectivity index (χ1) is 13.6. The first-order valence-corrected chi connectivity index (χ1v) is 10.9. The second kappa shape index (κ2) is 8.41. The highest BCUT2D eigenvalue weighted by molar-refractivity contribution is 7.18. The van der Waals surface area contributed by atoms with E-state index >= 15 is 0 Å². The van der Waals surface area contributed by atoms with Crippen LogP contribution in [0.15, 0.2) is 48.5 Å². The van der Waals surface area contributed by atoms with Crippen molar-refractivity contribution < 1.29 is 9.69 Å². The summed E-state index contributed by atoms with van der Waals surface area (Å²) in [4.78, 5) is 21.0. The van der Waals surface area contributed by atoms with Crippen molar-refractivity contribution in [3.05, 3.63) is 64.7 Å². The SMILES string of the molecule is Cc1ccc(CN(C)C(=O)C[NH+]2CCCC[C@@H]2c2nc3ccccc3s2)cc1. The minimum absolute atomic E-state index is 0.212. The number of benzene rings is 2. The average Bonchev–Trinajstić information content (AvgIpc) is 3.14. The van der Waals surface area contributed by atoms with Crippen molar-refractivity contribution in [3.63, 3.8) is 0 Å². The third-order valence-corrected chi connectivity index (χ3v) is 6.84. The number of nitrogens with one attached hydrogen (secondary N) is 1.